The third-order valence-electron chi connectivity index (χ3n) is 4.03. The van der Waals surface area contributed by atoms with E-state index < -0.39 is 15.9 Å². The largest absolute Gasteiger partial charge is 0.392 e. The standard InChI is InChI=1S/C13H25N3O4S/c1-15(2)6-11-5-12(17)7-16(11)8-13(18)14-10-3-4-21(19,20)9-10/h10-12,17H,3-9H2,1-2H3,(H,14,18). The van der Waals surface area contributed by atoms with Gasteiger partial charge in [-0.05, 0) is 26.9 Å². The Labute approximate surface area is 126 Å². The van der Waals surface area contributed by atoms with Crippen LogP contribution in [0.15, 0.2) is 0 Å². The number of amides is 1. The Hall–Kier alpha value is -0.700. The summed E-state index contributed by atoms with van der Waals surface area (Å²) in [5.41, 5.74) is 0. The molecule has 0 spiro atoms. The minimum atomic E-state index is -2.98. The quantitative estimate of drug-likeness (QED) is 0.627. The van der Waals surface area contributed by atoms with Gasteiger partial charge < -0.3 is 15.3 Å². The summed E-state index contributed by atoms with van der Waals surface area (Å²) in [5, 5.41) is 12.6. The molecule has 8 heteroatoms. The molecule has 122 valence electrons. The van der Waals surface area contributed by atoms with Crippen LogP contribution in [0.1, 0.15) is 12.8 Å². The molecule has 2 aliphatic rings. The number of likely N-dealkylation sites (N-methyl/N-ethyl adjacent to an activating group) is 1. The summed E-state index contributed by atoms with van der Waals surface area (Å²) >= 11 is 0. The molecule has 7 nitrogen and oxygen atoms in total. The van der Waals surface area contributed by atoms with Gasteiger partial charge in [-0.25, -0.2) is 8.42 Å². The molecule has 2 saturated heterocycles. The van der Waals surface area contributed by atoms with Gasteiger partial charge in [-0.1, -0.05) is 0 Å². The molecule has 0 radical (unpaired) electrons. The topological polar surface area (TPSA) is 89.9 Å². The molecule has 2 N–H and O–H groups in total. The monoisotopic (exact) mass is 319 g/mol. The second-order valence-electron chi connectivity index (χ2n) is 6.40. The van der Waals surface area contributed by atoms with E-state index in [0.717, 1.165) is 6.54 Å². The number of carbonyl (C=O) groups is 1. The molecule has 21 heavy (non-hydrogen) atoms. The average molecular weight is 319 g/mol. The highest BCUT2D eigenvalue weighted by Crippen LogP contribution is 2.18. The van der Waals surface area contributed by atoms with Crippen molar-refractivity contribution in [2.24, 2.45) is 0 Å². The van der Waals surface area contributed by atoms with E-state index in [0.29, 0.717) is 19.4 Å². The lowest BCUT2D eigenvalue weighted by Crippen LogP contribution is -2.46. The second-order valence-corrected chi connectivity index (χ2v) is 8.63. The third-order valence-corrected chi connectivity index (χ3v) is 5.79. The number of nitrogens with one attached hydrogen (secondary N) is 1. The van der Waals surface area contributed by atoms with Crippen molar-refractivity contribution in [2.75, 3.05) is 45.2 Å². The van der Waals surface area contributed by atoms with Crippen LogP contribution in [0.5, 0.6) is 0 Å². The summed E-state index contributed by atoms with van der Waals surface area (Å²) in [6, 6.07) is -0.101. The molecule has 0 aromatic carbocycles. The summed E-state index contributed by atoms with van der Waals surface area (Å²) in [7, 11) is 0.950. The van der Waals surface area contributed by atoms with Gasteiger partial charge in [-0.15, -0.1) is 0 Å². The van der Waals surface area contributed by atoms with E-state index in [9.17, 15) is 18.3 Å². The zero-order valence-electron chi connectivity index (χ0n) is 12.7. The van der Waals surface area contributed by atoms with Gasteiger partial charge in [0.05, 0.1) is 24.2 Å². The molecular weight excluding hydrogens is 294 g/mol. The predicted molar refractivity (Wildman–Crippen MR) is 79.7 cm³/mol. The molecule has 2 fully saturated rings. The number of β-amino-alcohol motifs (C(OH)–C–C–N with tert-alkyl or cyclic N) is 1. The van der Waals surface area contributed by atoms with Gasteiger partial charge in [0.25, 0.3) is 0 Å². The predicted octanol–water partition coefficient (Wildman–Crippen LogP) is -1.71. The van der Waals surface area contributed by atoms with E-state index >= 15 is 0 Å². The fourth-order valence-electron chi connectivity index (χ4n) is 3.13. The lowest BCUT2D eigenvalue weighted by molar-refractivity contribution is -0.123. The lowest BCUT2D eigenvalue weighted by atomic mass is 10.2. The Morgan fingerprint density at radius 3 is 2.71 bits per heavy atom. The van der Waals surface area contributed by atoms with Crippen molar-refractivity contribution in [1.29, 1.82) is 0 Å². The molecule has 2 aliphatic heterocycles. The van der Waals surface area contributed by atoms with Crippen LogP contribution < -0.4 is 5.32 Å². The number of aliphatic hydroxyl groups excluding tert-OH is 1. The number of carbonyl (C=O) groups excluding carboxylic acids is 1. The number of hydrogen-bond acceptors (Lipinski definition) is 6. The van der Waals surface area contributed by atoms with E-state index in [-0.39, 0.29) is 36.0 Å². The van der Waals surface area contributed by atoms with Crippen LogP contribution in [-0.2, 0) is 14.6 Å². The minimum absolute atomic E-state index is 0.0441. The van der Waals surface area contributed by atoms with Crippen molar-refractivity contribution < 1.29 is 18.3 Å². The van der Waals surface area contributed by atoms with E-state index in [1.807, 2.05) is 23.9 Å². The van der Waals surface area contributed by atoms with Crippen LogP contribution in [0.25, 0.3) is 0 Å². The second kappa shape index (κ2) is 6.60. The number of nitrogens with zero attached hydrogens (tertiary/aromatic N) is 2. The normalized spacial score (nSPS) is 32.7. The molecule has 2 heterocycles. The van der Waals surface area contributed by atoms with Crippen LogP contribution in [-0.4, -0.2) is 92.7 Å². The van der Waals surface area contributed by atoms with Gasteiger partial charge >= 0.3 is 0 Å². The van der Waals surface area contributed by atoms with Crippen molar-refractivity contribution >= 4 is 15.7 Å². The highest BCUT2D eigenvalue weighted by Gasteiger charge is 2.34. The van der Waals surface area contributed by atoms with Crippen LogP contribution in [0, 0.1) is 0 Å². The van der Waals surface area contributed by atoms with Crippen LogP contribution in [0.4, 0.5) is 0 Å². The van der Waals surface area contributed by atoms with E-state index in [2.05, 4.69) is 5.32 Å². The Balaban J connectivity index is 1.84. The van der Waals surface area contributed by atoms with E-state index in [1.54, 1.807) is 0 Å². The fourth-order valence-corrected chi connectivity index (χ4v) is 4.80. The Kier molecular flexibility index (Phi) is 5.24. The summed E-state index contributed by atoms with van der Waals surface area (Å²) in [6.07, 6.45) is 0.774. The smallest absolute Gasteiger partial charge is 0.234 e. The highest BCUT2D eigenvalue weighted by molar-refractivity contribution is 7.91. The molecule has 3 unspecified atom stereocenters. The average Bonchev–Trinajstić information content (AvgIpc) is 2.81. The third kappa shape index (κ3) is 4.91. The first-order valence-corrected chi connectivity index (χ1v) is 9.14. The van der Waals surface area contributed by atoms with Gasteiger partial charge in [0.2, 0.25) is 5.91 Å². The minimum Gasteiger partial charge on any atom is -0.392 e. The molecule has 3 atom stereocenters. The highest BCUT2D eigenvalue weighted by atomic mass is 32.2. The first kappa shape index (κ1) is 16.7. The molecule has 0 aromatic rings. The maximum absolute atomic E-state index is 12.1. The molecular formula is C13H25N3O4S. The van der Waals surface area contributed by atoms with Gasteiger partial charge in [-0.3, -0.25) is 9.69 Å². The summed E-state index contributed by atoms with van der Waals surface area (Å²) in [6.45, 7) is 1.50. The fraction of sp³-hybridized carbons (Fsp3) is 0.923. The zero-order chi connectivity index (χ0) is 15.6. The van der Waals surface area contributed by atoms with Crippen LogP contribution in [0.3, 0.4) is 0 Å². The van der Waals surface area contributed by atoms with Crippen LogP contribution in [0.2, 0.25) is 0 Å². The number of rotatable bonds is 5. The zero-order valence-corrected chi connectivity index (χ0v) is 13.5. The van der Waals surface area contributed by atoms with Crippen molar-refractivity contribution in [3.8, 4) is 0 Å². The molecule has 1 amide bonds. The maximum atomic E-state index is 12.1. The Morgan fingerprint density at radius 1 is 1.43 bits per heavy atom. The van der Waals surface area contributed by atoms with E-state index in [4.69, 9.17) is 0 Å². The number of hydrogen-bond donors (Lipinski definition) is 2. The van der Waals surface area contributed by atoms with Gasteiger partial charge in [0, 0.05) is 25.2 Å². The first-order valence-electron chi connectivity index (χ1n) is 7.32. The number of aliphatic hydroxyl groups is 1. The van der Waals surface area contributed by atoms with E-state index in [1.165, 1.54) is 0 Å². The number of sulfone groups is 1. The van der Waals surface area contributed by atoms with Gasteiger partial charge in [0.1, 0.15) is 0 Å². The molecule has 0 aromatic heterocycles. The van der Waals surface area contributed by atoms with Gasteiger partial charge in [-0.2, -0.15) is 0 Å². The number of likely N-dealkylation sites (tertiary alicyclic amines) is 1. The van der Waals surface area contributed by atoms with Crippen LogP contribution >= 0.6 is 0 Å². The molecule has 0 aliphatic carbocycles. The maximum Gasteiger partial charge on any atom is 0.234 e. The summed E-state index contributed by atoms with van der Waals surface area (Å²) in [4.78, 5) is 16.1. The van der Waals surface area contributed by atoms with Crippen molar-refractivity contribution in [2.45, 2.75) is 31.0 Å². The SMILES string of the molecule is CN(C)CC1CC(O)CN1CC(=O)NC1CCS(=O)(=O)C1. The first-order chi connectivity index (χ1) is 9.75. The van der Waals surface area contributed by atoms with Crippen molar-refractivity contribution in [3.05, 3.63) is 0 Å². The summed E-state index contributed by atoms with van der Waals surface area (Å²) in [5.74, 6) is 0.0431. The van der Waals surface area contributed by atoms with Crippen molar-refractivity contribution in [3.63, 3.8) is 0 Å². The Bertz CT molecular complexity index is 480. The Morgan fingerprint density at radius 2 is 2.14 bits per heavy atom. The molecule has 0 saturated carbocycles. The van der Waals surface area contributed by atoms with Crippen molar-refractivity contribution in [1.82, 2.24) is 15.1 Å². The van der Waals surface area contributed by atoms with Gasteiger partial charge in [0.15, 0.2) is 9.84 Å². The molecule has 2 rings (SSSR count). The summed E-state index contributed by atoms with van der Waals surface area (Å²) < 4.78 is 22.8. The lowest BCUT2D eigenvalue weighted by Gasteiger charge is -2.26. The molecule has 0 bridgehead atoms.